The third-order valence-corrected chi connectivity index (χ3v) is 3.48. The Morgan fingerprint density at radius 1 is 1.54 bits per heavy atom. The van der Waals surface area contributed by atoms with E-state index in [4.69, 9.17) is 4.74 Å². The molecule has 2 fully saturated rings. The summed E-state index contributed by atoms with van der Waals surface area (Å²) in [4.78, 5) is 11.3. The molecule has 0 bridgehead atoms. The van der Waals surface area contributed by atoms with Crippen LogP contribution in [0, 0.1) is 5.92 Å². The second-order valence-corrected chi connectivity index (χ2v) is 4.38. The van der Waals surface area contributed by atoms with Gasteiger partial charge in [0.15, 0.2) is 0 Å². The number of hydrogen-bond acceptors (Lipinski definition) is 2. The molecule has 2 heteroatoms. The van der Waals surface area contributed by atoms with Gasteiger partial charge in [-0.1, -0.05) is 19.9 Å². The summed E-state index contributed by atoms with van der Waals surface area (Å²) in [5, 5.41) is 0. The molecule has 2 rings (SSSR count). The summed E-state index contributed by atoms with van der Waals surface area (Å²) in [5.41, 5.74) is 0.487. The molecule has 1 aliphatic heterocycles. The van der Waals surface area contributed by atoms with Gasteiger partial charge in [-0.15, -0.1) is 0 Å². The highest BCUT2D eigenvalue weighted by atomic mass is 16.6. The maximum Gasteiger partial charge on any atom is 0.334 e. The van der Waals surface area contributed by atoms with Crippen LogP contribution < -0.4 is 0 Å². The molecule has 2 aliphatic rings. The molecular weight excluding hydrogens is 164 g/mol. The van der Waals surface area contributed by atoms with Crippen molar-refractivity contribution < 1.29 is 9.53 Å². The number of rotatable bonds is 0. The average Bonchev–Trinajstić information content (AvgIpc) is 2.36. The van der Waals surface area contributed by atoms with Gasteiger partial charge in [-0.05, 0) is 25.2 Å². The van der Waals surface area contributed by atoms with E-state index in [0.29, 0.717) is 11.5 Å². The molecule has 2 atom stereocenters. The standard InChI is InChI=1S/C11H16O2/c1-8-7-11(13-10(8)12)6-4-3-5-9(11)2/h9H,1,3-7H2,2H3. The van der Waals surface area contributed by atoms with Gasteiger partial charge in [0.25, 0.3) is 0 Å². The van der Waals surface area contributed by atoms with Crippen LogP contribution in [0.4, 0.5) is 0 Å². The van der Waals surface area contributed by atoms with E-state index in [1.807, 2.05) is 0 Å². The zero-order valence-corrected chi connectivity index (χ0v) is 8.14. The van der Waals surface area contributed by atoms with Crippen molar-refractivity contribution in [3.63, 3.8) is 0 Å². The minimum atomic E-state index is -0.174. The van der Waals surface area contributed by atoms with Crippen molar-refractivity contribution in [3.05, 3.63) is 12.2 Å². The van der Waals surface area contributed by atoms with Crippen molar-refractivity contribution >= 4 is 5.97 Å². The van der Waals surface area contributed by atoms with E-state index in [1.54, 1.807) is 0 Å². The fourth-order valence-electron chi connectivity index (χ4n) is 2.52. The summed E-state index contributed by atoms with van der Waals surface area (Å²) >= 11 is 0. The molecular formula is C11H16O2. The van der Waals surface area contributed by atoms with E-state index in [9.17, 15) is 4.79 Å². The van der Waals surface area contributed by atoms with Crippen LogP contribution in [0.3, 0.4) is 0 Å². The van der Waals surface area contributed by atoms with Gasteiger partial charge in [0.05, 0.1) is 0 Å². The van der Waals surface area contributed by atoms with Gasteiger partial charge in [-0.25, -0.2) is 4.79 Å². The smallest absolute Gasteiger partial charge is 0.334 e. The molecule has 2 nitrogen and oxygen atoms in total. The first-order valence-corrected chi connectivity index (χ1v) is 5.05. The van der Waals surface area contributed by atoms with Crippen LogP contribution in [-0.2, 0) is 9.53 Å². The quantitative estimate of drug-likeness (QED) is 0.423. The van der Waals surface area contributed by atoms with E-state index in [0.717, 1.165) is 12.8 Å². The first-order valence-electron chi connectivity index (χ1n) is 5.05. The highest BCUT2D eigenvalue weighted by Crippen LogP contribution is 2.45. The summed E-state index contributed by atoms with van der Waals surface area (Å²) < 4.78 is 5.48. The molecule has 0 N–H and O–H groups in total. The molecule has 0 aromatic heterocycles. The van der Waals surface area contributed by atoms with Crippen molar-refractivity contribution in [2.75, 3.05) is 0 Å². The van der Waals surface area contributed by atoms with Crippen molar-refractivity contribution in [1.82, 2.24) is 0 Å². The van der Waals surface area contributed by atoms with Crippen molar-refractivity contribution in [3.8, 4) is 0 Å². The summed E-state index contributed by atoms with van der Waals surface area (Å²) in [7, 11) is 0. The molecule has 1 aliphatic carbocycles. The third-order valence-electron chi connectivity index (χ3n) is 3.48. The first kappa shape index (κ1) is 8.79. The zero-order valence-electron chi connectivity index (χ0n) is 8.14. The van der Waals surface area contributed by atoms with E-state index in [1.165, 1.54) is 19.3 Å². The minimum absolute atomic E-state index is 0.172. The fraction of sp³-hybridized carbons (Fsp3) is 0.727. The van der Waals surface area contributed by atoms with Gasteiger partial charge in [0, 0.05) is 12.0 Å². The lowest BCUT2D eigenvalue weighted by Gasteiger charge is -2.37. The summed E-state index contributed by atoms with van der Waals surface area (Å²) in [6.45, 7) is 5.93. The molecule has 0 amide bonds. The summed E-state index contributed by atoms with van der Waals surface area (Å²) in [6.07, 6.45) is 5.42. The van der Waals surface area contributed by atoms with Crippen LogP contribution >= 0.6 is 0 Å². The molecule has 13 heavy (non-hydrogen) atoms. The predicted octanol–water partition coefficient (Wildman–Crippen LogP) is 2.44. The van der Waals surface area contributed by atoms with Gasteiger partial charge in [-0.3, -0.25) is 0 Å². The Morgan fingerprint density at radius 3 is 2.85 bits per heavy atom. The van der Waals surface area contributed by atoms with Crippen molar-refractivity contribution in [2.24, 2.45) is 5.92 Å². The lowest BCUT2D eigenvalue weighted by Crippen LogP contribution is -2.38. The molecule has 0 aromatic carbocycles. The van der Waals surface area contributed by atoms with Gasteiger partial charge >= 0.3 is 5.97 Å². The molecule has 1 heterocycles. The number of carbonyl (C=O) groups excluding carboxylic acids is 1. The second kappa shape index (κ2) is 2.86. The number of carbonyl (C=O) groups is 1. The van der Waals surface area contributed by atoms with Crippen molar-refractivity contribution in [2.45, 2.75) is 44.6 Å². The molecule has 0 aromatic rings. The van der Waals surface area contributed by atoms with Gasteiger partial charge in [0.2, 0.25) is 0 Å². The highest BCUT2D eigenvalue weighted by molar-refractivity contribution is 5.90. The Balaban J connectivity index is 2.20. The lowest BCUT2D eigenvalue weighted by molar-refractivity contribution is -0.153. The lowest BCUT2D eigenvalue weighted by atomic mass is 9.74. The second-order valence-electron chi connectivity index (χ2n) is 4.38. The molecule has 1 spiro atoms. The van der Waals surface area contributed by atoms with Gasteiger partial charge in [-0.2, -0.15) is 0 Å². The van der Waals surface area contributed by atoms with Crippen molar-refractivity contribution in [1.29, 1.82) is 0 Å². The van der Waals surface area contributed by atoms with Crippen LogP contribution in [0.5, 0.6) is 0 Å². The third kappa shape index (κ3) is 1.28. The van der Waals surface area contributed by atoms with Crippen LogP contribution in [0.1, 0.15) is 39.0 Å². The zero-order chi connectivity index (χ0) is 9.47. The SMILES string of the molecule is C=C1CC2(CCCCC2C)OC1=O. The fourth-order valence-corrected chi connectivity index (χ4v) is 2.52. The minimum Gasteiger partial charge on any atom is -0.455 e. The Bertz CT molecular complexity index is 239. The monoisotopic (exact) mass is 180 g/mol. The summed E-state index contributed by atoms with van der Waals surface area (Å²) in [5.74, 6) is 0.332. The number of esters is 1. The Hall–Kier alpha value is -0.790. The molecule has 1 saturated carbocycles. The van der Waals surface area contributed by atoms with Crippen LogP contribution in [-0.4, -0.2) is 11.6 Å². The highest BCUT2D eigenvalue weighted by Gasteiger charge is 2.47. The van der Waals surface area contributed by atoms with Crippen LogP contribution in [0.15, 0.2) is 12.2 Å². The topological polar surface area (TPSA) is 26.3 Å². The maximum absolute atomic E-state index is 11.3. The van der Waals surface area contributed by atoms with E-state index < -0.39 is 0 Å². The normalized spacial score (nSPS) is 39.6. The largest absolute Gasteiger partial charge is 0.455 e. The first-order chi connectivity index (χ1) is 6.14. The average molecular weight is 180 g/mol. The molecule has 1 saturated heterocycles. The number of ether oxygens (including phenoxy) is 1. The Kier molecular flexibility index (Phi) is 1.94. The maximum atomic E-state index is 11.3. The molecule has 0 radical (unpaired) electrons. The van der Waals surface area contributed by atoms with E-state index in [-0.39, 0.29) is 11.6 Å². The number of hydrogen-bond donors (Lipinski definition) is 0. The van der Waals surface area contributed by atoms with Gasteiger partial charge < -0.3 is 4.74 Å². The predicted molar refractivity (Wildman–Crippen MR) is 50.2 cm³/mol. The Morgan fingerprint density at radius 2 is 2.31 bits per heavy atom. The summed E-state index contributed by atoms with van der Waals surface area (Å²) in [6, 6.07) is 0. The van der Waals surface area contributed by atoms with Crippen LogP contribution in [0.25, 0.3) is 0 Å². The Labute approximate surface area is 79.0 Å². The van der Waals surface area contributed by atoms with Gasteiger partial charge in [0.1, 0.15) is 5.60 Å². The molecule has 2 unspecified atom stereocenters. The van der Waals surface area contributed by atoms with Crippen LogP contribution in [0.2, 0.25) is 0 Å². The van der Waals surface area contributed by atoms with E-state index >= 15 is 0 Å². The molecule has 72 valence electrons. The van der Waals surface area contributed by atoms with E-state index in [2.05, 4.69) is 13.5 Å².